The molecule has 1 N–H and O–H groups in total. The number of hydrogen-bond acceptors (Lipinski definition) is 3. The Morgan fingerprint density at radius 3 is 2.24 bits per heavy atom. The van der Waals surface area contributed by atoms with Crippen LogP contribution in [0, 0.1) is 0 Å². The van der Waals surface area contributed by atoms with E-state index in [0.29, 0.717) is 0 Å². The van der Waals surface area contributed by atoms with Gasteiger partial charge in [-0.05, 0) is 48.4 Å². The lowest BCUT2D eigenvalue weighted by molar-refractivity contribution is 0.378. The third kappa shape index (κ3) is 4.23. The van der Waals surface area contributed by atoms with Gasteiger partial charge in [-0.25, -0.2) is 0 Å². The molecule has 112 valence electrons. The lowest BCUT2D eigenvalue weighted by Crippen LogP contribution is -2.11. The summed E-state index contributed by atoms with van der Waals surface area (Å²) in [4.78, 5) is 0. The molecule has 0 aliphatic carbocycles. The van der Waals surface area contributed by atoms with Crippen LogP contribution >= 0.6 is 0 Å². The Hall–Kier alpha value is -2.00. The minimum atomic E-state index is 0.745. The maximum Gasteiger partial charge on any atom is 0.169 e. The van der Waals surface area contributed by atoms with Crippen LogP contribution < -0.4 is 14.8 Å². The first-order valence-electron chi connectivity index (χ1n) is 7.41. The summed E-state index contributed by atoms with van der Waals surface area (Å²) in [5, 5.41) is 3.30. The second kappa shape index (κ2) is 7.70. The molecule has 0 aromatic heterocycles. The van der Waals surface area contributed by atoms with Gasteiger partial charge in [-0.2, -0.15) is 0 Å². The maximum absolute atomic E-state index is 5.91. The average Bonchev–Trinajstić information content (AvgIpc) is 2.54. The molecule has 0 unspecified atom stereocenters. The van der Waals surface area contributed by atoms with Crippen molar-refractivity contribution in [1.82, 2.24) is 5.32 Å². The molecule has 0 spiro atoms. The SMILES string of the molecule is CCNCc1ccc(Oc2ccc(CC)cc2OC)cc1. The normalized spacial score (nSPS) is 10.4. The minimum absolute atomic E-state index is 0.745. The van der Waals surface area contributed by atoms with E-state index in [1.807, 2.05) is 24.3 Å². The van der Waals surface area contributed by atoms with Crippen LogP contribution in [-0.4, -0.2) is 13.7 Å². The van der Waals surface area contributed by atoms with E-state index in [4.69, 9.17) is 9.47 Å². The monoisotopic (exact) mass is 285 g/mol. The largest absolute Gasteiger partial charge is 0.493 e. The van der Waals surface area contributed by atoms with Gasteiger partial charge < -0.3 is 14.8 Å². The van der Waals surface area contributed by atoms with Crippen molar-refractivity contribution in [3.8, 4) is 17.2 Å². The van der Waals surface area contributed by atoms with Crippen molar-refractivity contribution in [2.45, 2.75) is 26.8 Å². The van der Waals surface area contributed by atoms with Crippen LogP contribution in [0.5, 0.6) is 17.2 Å². The molecule has 0 atom stereocenters. The van der Waals surface area contributed by atoms with Gasteiger partial charge in [0.15, 0.2) is 11.5 Å². The molecule has 3 nitrogen and oxygen atoms in total. The fourth-order valence-electron chi connectivity index (χ4n) is 2.09. The van der Waals surface area contributed by atoms with Gasteiger partial charge in [0.05, 0.1) is 7.11 Å². The van der Waals surface area contributed by atoms with E-state index < -0.39 is 0 Å². The van der Waals surface area contributed by atoms with Crippen LogP contribution in [0.25, 0.3) is 0 Å². The maximum atomic E-state index is 5.91. The number of aryl methyl sites for hydroxylation is 1. The van der Waals surface area contributed by atoms with Crippen molar-refractivity contribution in [3.05, 3.63) is 53.6 Å². The Bertz CT molecular complexity index is 564. The first-order chi connectivity index (χ1) is 10.3. The number of ether oxygens (including phenoxy) is 2. The number of nitrogens with one attached hydrogen (secondary N) is 1. The highest BCUT2D eigenvalue weighted by atomic mass is 16.5. The van der Waals surface area contributed by atoms with Gasteiger partial charge in [0.1, 0.15) is 5.75 Å². The second-order valence-corrected chi connectivity index (χ2v) is 4.87. The van der Waals surface area contributed by atoms with E-state index in [-0.39, 0.29) is 0 Å². The summed E-state index contributed by atoms with van der Waals surface area (Å²) >= 11 is 0. The molecule has 0 heterocycles. The van der Waals surface area contributed by atoms with Crippen LogP contribution in [0.1, 0.15) is 25.0 Å². The quantitative estimate of drug-likeness (QED) is 0.828. The van der Waals surface area contributed by atoms with E-state index >= 15 is 0 Å². The number of methoxy groups -OCH3 is 1. The number of hydrogen-bond donors (Lipinski definition) is 1. The van der Waals surface area contributed by atoms with Crippen molar-refractivity contribution in [2.24, 2.45) is 0 Å². The highest BCUT2D eigenvalue weighted by Crippen LogP contribution is 2.32. The predicted octanol–water partition coefficient (Wildman–Crippen LogP) is 4.16. The van der Waals surface area contributed by atoms with Crippen molar-refractivity contribution >= 4 is 0 Å². The molecule has 0 saturated carbocycles. The molecule has 3 heteroatoms. The summed E-state index contributed by atoms with van der Waals surface area (Å²) in [5.74, 6) is 2.33. The van der Waals surface area contributed by atoms with Crippen molar-refractivity contribution in [1.29, 1.82) is 0 Å². The molecule has 0 amide bonds. The zero-order chi connectivity index (χ0) is 15.1. The molecular formula is C18H23NO2. The molecule has 0 radical (unpaired) electrons. The Kier molecular flexibility index (Phi) is 5.64. The van der Waals surface area contributed by atoms with Crippen LogP contribution in [0.2, 0.25) is 0 Å². The fourth-order valence-corrected chi connectivity index (χ4v) is 2.09. The van der Waals surface area contributed by atoms with Gasteiger partial charge in [-0.15, -0.1) is 0 Å². The van der Waals surface area contributed by atoms with Crippen LogP contribution in [0.3, 0.4) is 0 Å². The fraction of sp³-hybridized carbons (Fsp3) is 0.333. The van der Waals surface area contributed by atoms with Gasteiger partial charge >= 0.3 is 0 Å². The first kappa shape index (κ1) is 15.4. The average molecular weight is 285 g/mol. The van der Waals surface area contributed by atoms with Crippen LogP contribution in [0.4, 0.5) is 0 Å². The molecule has 2 aromatic carbocycles. The van der Waals surface area contributed by atoms with Gasteiger partial charge in [0, 0.05) is 6.54 Å². The van der Waals surface area contributed by atoms with Crippen LogP contribution in [0.15, 0.2) is 42.5 Å². The zero-order valence-corrected chi connectivity index (χ0v) is 13.0. The van der Waals surface area contributed by atoms with Gasteiger partial charge in [-0.3, -0.25) is 0 Å². The summed E-state index contributed by atoms with van der Waals surface area (Å²) < 4.78 is 11.3. The Morgan fingerprint density at radius 2 is 1.62 bits per heavy atom. The van der Waals surface area contributed by atoms with Crippen molar-refractivity contribution in [2.75, 3.05) is 13.7 Å². The van der Waals surface area contributed by atoms with E-state index in [0.717, 1.165) is 36.8 Å². The summed E-state index contributed by atoms with van der Waals surface area (Å²) in [6.45, 7) is 6.08. The topological polar surface area (TPSA) is 30.5 Å². The standard InChI is InChI=1S/C18H23NO2/c1-4-14-8-11-17(18(12-14)20-3)21-16-9-6-15(7-10-16)13-19-5-2/h6-12,19H,4-5,13H2,1-3H3. The number of benzene rings is 2. The Balaban J connectivity index is 2.10. The van der Waals surface area contributed by atoms with Gasteiger partial charge in [0.2, 0.25) is 0 Å². The second-order valence-electron chi connectivity index (χ2n) is 4.87. The number of rotatable bonds is 7. The van der Waals surface area contributed by atoms with E-state index in [2.05, 4.69) is 37.4 Å². The predicted molar refractivity (Wildman–Crippen MR) is 86.3 cm³/mol. The molecule has 0 saturated heterocycles. The van der Waals surface area contributed by atoms with Gasteiger partial charge in [0.25, 0.3) is 0 Å². The summed E-state index contributed by atoms with van der Waals surface area (Å²) in [5.41, 5.74) is 2.48. The third-order valence-electron chi connectivity index (χ3n) is 3.37. The molecule has 21 heavy (non-hydrogen) atoms. The van der Waals surface area contributed by atoms with Crippen molar-refractivity contribution in [3.63, 3.8) is 0 Å². The first-order valence-corrected chi connectivity index (χ1v) is 7.41. The van der Waals surface area contributed by atoms with E-state index in [1.165, 1.54) is 11.1 Å². The summed E-state index contributed by atoms with van der Waals surface area (Å²) in [6.07, 6.45) is 0.982. The Labute approximate surface area is 126 Å². The molecule has 2 rings (SSSR count). The third-order valence-corrected chi connectivity index (χ3v) is 3.37. The van der Waals surface area contributed by atoms with E-state index in [9.17, 15) is 0 Å². The van der Waals surface area contributed by atoms with Gasteiger partial charge in [-0.1, -0.05) is 32.0 Å². The summed E-state index contributed by atoms with van der Waals surface area (Å²) in [7, 11) is 1.67. The molecule has 2 aromatic rings. The molecule has 0 fully saturated rings. The summed E-state index contributed by atoms with van der Waals surface area (Å²) in [6, 6.07) is 14.2. The van der Waals surface area contributed by atoms with Crippen LogP contribution in [-0.2, 0) is 13.0 Å². The highest BCUT2D eigenvalue weighted by molar-refractivity contribution is 5.45. The lowest BCUT2D eigenvalue weighted by atomic mass is 10.1. The molecule has 0 aliphatic rings. The molecular weight excluding hydrogens is 262 g/mol. The van der Waals surface area contributed by atoms with E-state index in [1.54, 1.807) is 7.11 Å². The van der Waals surface area contributed by atoms with Crippen molar-refractivity contribution < 1.29 is 9.47 Å². The molecule has 0 bridgehead atoms. The zero-order valence-electron chi connectivity index (χ0n) is 13.0. The minimum Gasteiger partial charge on any atom is -0.493 e. The Morgan fingerprint density at radius 1 is 0.905 bits per heavy atom. The highest BCUT2D eigenvalue weighted by Gasteiger charge is 2.06. The molecule has 0 aliphatic heterocycles. The lowest BCUT2D eigenvalue weighted by Gasteiger charge is -2.12. The smallest absolute Gasteiger partial charge is 0.169 e.